The third-order valence-corrected chi connectivity index (χ3v) is 5.31. The summed E-state index contributed by atoms with van der Waals surface area (Å²) in [4.78, 5) is 12.6. The third-order valence-electron chi connectivity index (χ3n) is 5.31. The van der Waals surface area contributed by atoms with E-state index in [1.807, 2.05) is 30.5 Å². The minimum absolute atomic E-state index is 0.252. The topological polar surface area (TPSA) is 101 Å². The summed E-state index contributed by atoms with van der Waals surface area (Å²) in [7, 11) is 0. The van der Waals surface area contributed by atoms with E-state index in [0.29, 0.717) is 5.82 Å². The van der Waals surface area contributed by atoms with E-state index in [1.54, 1.807) is 6.20 Å². The number of aromatic nitrogens is 5. The van der Waals surface area contributed by atoms with E-state index in [9.17, 15) is 0 Å². The van der Waals surface area contributed by atoms with E-state index in [-0.39, 0.29) is 6.79 Å². The standard InChI is InChI=1S/C21H18N6O2/c1-2-18-19(29-11-28-18)7-13(1)14-9-23-10-17-20(14)25-21(24-17)16-8-15(26-27-16)12-3-5-22-6-4-12/h1-3,7-10,22H,4-6,11H2,(H,24,25)(H,26,27). The van der Waals surface area contributed by atoms with Crippen LogP contribution in [0.3, 0.4) is 0 Å². The highest BCUT2D eigenvalue weighted by atomic mass is 16.7. The van der Waals surface area contributed by atoms with Gasteiger partial charge in [0.2, 0.25) is 6.79 Å². The SMILES string of the molecule is C1=C(c2cc(-c3nc4c(-c5ccc6c(c5)OCO6)cncc4[nH]3)n[nH]2)CCNC1. The predicted octanol–water partition coefficient (Wildman–Crippen LogP) is 3.12. The number of H-pyrrole nitrogens is 2. The maximum absolute atomic E-state index is 5.51. The fourth-order valence-corrected chi connectivity index (χ4v) is 3.80. The summed E-state index contributed by atoms with van der Waals surface area (Å²) in [5.41, 5.74) is 6.72. The Hall–Kier alpha value is -3.65. The average molecular weight is 386 g/mol. The number of ether oxygens (including phenoxy) is 2. The molecule has 0 saturated heterocycles. The third kappa shape index (κ3) is 2.76. The molecule has 0 aliphatic carbocycles. The largest absolute Gasteiger partial charge is 0.454 e. The minimum Gasteiger partial charge on any atom is -0.454 e. The molecule has 0 unspecified atom stereocenters. The number of fused-ring (bicyclic) bond motifs is 2. The van der Waals surface area contributed by atoms with Gasteiger partial charge in [0.25, 0.3) is 0 Å². The highest BCUT2D eigenvalue weighted by molar-refractivity contribution is 5.93. The summed E-state index contributed by atoms with van der Waals surface area (Å²) in [6, 6.07) is 7.91. The van der Waals surface area contributed by atoms with Gasteiger partial charge >= 0.3 is 0 Å². The van der Waals surface area contributed by atoms with Gasteiger partial charge in [-0.15, -0.1) is 0 Å². The van der Waals surface area contributed by atoms with Crippen LogP contribution in [-0.4, -0.2) is 45.0 Å². The molecule has 0 radical (unpaired) electrons. The van der Waals surface area contributed by atoms with Crippen LogP contribution >= 0.6 is 0 Å². The number of imidazole rings is 1. The van der Waals surface area contributed by atoms with Crippen LogP contribution in [0.25, 0.3) is 39.3 Å². The molecule has 6 rings (SSSR count). The first-order valence-corrected chi connectivity index (χ1v) is 9.55. The Labute approximate surface area is 166 Å². The van der Waals surface area contributed by atoms with Gasteiger partial charge in [-0.25, -0.2) is 4.98 Å². The lowest BCUT2D eigenvalue weighted by Gasteiger charge is -2.11. The molecule has 3 N–H and O–H groups in total. The second kappa shape index (κ2) is 6.46. The maximum atomic E-state index is 5.51. The van der Waals surface area contributed by atoms with Gasteiger partial charge in [0.15, 0.2) is 17.3 Å². The summed E-state index contributed by atoms with van der Waals surface area (Å²) in [6.07, 6.45) is 6.78. The van der Waals surface area contributed by atoms with Gasteiger partial charge in [-0.2, -0.15) is 5.10 Å². The molecule has 2 aliphatic rings. The summed E-state index contributed by atoms with van der Waals surface area (Å²) in [6.45, 7) is 2.12. The van der Waals surface area contributed by atoms with Crippen molar-refractivity contribution in [3.05, 3.63) is 48.4 Å². The van der Waals surface area contributed by atoms with Crippen molar-refractivity contribution in [2.45, 2.75) is 6.42 Å². The van der Waals surface area contributed by atoms with E-state index in [4.69, 9.17) is 14.5 Å². The Kier molecular flexibility index (Phi) is 3.63. The Bertz CT molecular complexity index is 1260. The molecule has 29 heavy (non-hydrogen) atoms. The van der Waals surface area contributed by atoms with Crippen LogP contribution in [-0.2, 0) is 0 Å². The van der Waals surface area contributed by atoms with Crippen LogP contribution in [0.5, 0.6) is 11.5 Å². The molecule has 4 aromatic rings. The number of nitrogens with one attached hydrogen (secondary N) is 3. The highest BCUT2D eigenvalue weighted by Crippen LogP contribution is 2.37. The molecule has 0 bridgehead atoms. The first kappa shape index (κ1) is 16.3. The molecule has 0 spiro atoms. The zero-order valence-corrected chi connectivity index (χ0v) is 15.5. The number of aromatic amines is 2. The molecule has 5 heterocycles. The fraction of sp³-hybridized carbons (Fsp3) is 0.190. The Morgan fingerprint density at radius 3 is 2.93 bits per heavy atom. The lowest BCUT2D eigenvalue weighted by molar-refractivity contribution is 0.174. The molecule has 3 aromatic heterocycles. The van der Waals surface area contributed by atoms with Gasteiger partial charge < -0.3 is 19.8 Å². The lowest BCUT2D eigenvalue weighted by atomic mass is 10.1. The lowest BCUT2D eigenvalue weighted by Crippen LogP contribution is -2.20. The van der Waals surface area contributed by atoms with E-state index >= 15 is 0 Å². The van der Waals surface area contributed by atoms with Crippen molar-refractivity contribution < 1.29 is 9.47 Å². The molecule has 0 fully saturated rings. The van der Waals surface area contributed by atoms with E-state index in [2.05, 4.69) is 31.6 Å². The molecule has 2 aliphatic heterocycles. The first-order chi connectivity index (χ1) is 14.3. The Morgan fingerprint density at radius 1 is 1.03 bits per heavy atom. The molecule has 8 nitrogen and oxygen atoms in total. The van der Waals surface area contributed by atoms with Gasteiger partial charge in [0.1, 0.15) is 5.69 Å². The fourth-order valence-electron chi connectivity index (χ4n) is 3.80. The molecule has 0 amide bonds. The number of hydrogen-bond donors (Lipinski definition) is 3. The van der Waals surface area contributed by atoms with E-state index < -0.39 is 0 Å². The molecular weight excluding hydrogens is 368 g/mol. The molecule has 144 valence electrons. The quantitative estimate of drug-likeness (QED) is 0.500. The highest BCUT2D eigenvalue weighted by Gasteiger charge is 2.18. The van der Waals surface area contributed by atoms with Crippen LogP contribution in [0.4, 0.5) is 0 Å². The van der Waals surface area contributed by atoms with Crippen LogP contribution < -0.4 is 14.8 Å². The molecule has 0 atom stereocenters. The van der Waals surface area contributed by atoms with Gasteiger partial charge in [-0.1, -0.05) is 12.1 Å². The summed E-state index contributed by atoms with van der Waals surface area (Å²) >= 11 is 0. The van der Waals surface area contributed by atoms with Crippen molar-refractivity contribution in [1.82, 2.24) is 30.5 Å². The van der Waals surface area contributed by atoms with Crippen molar-refractivity contribution in [3.63, 3.8) is 0 Å². The number of benzene rings is 1. The molecular formula is C21H18N6O2. The number of pyridine rings is 1. The predicted molar refractivity (Wildman–Crippen MR) is 108 cm³/mol. The van der Waals surface area contributed by atoms with Crippen LogP contribution in [0.15, 0.2) is 42.7 Å². The zero-order chi connectivity index (χ0) is 19.2. The van der Waals surface area contributed by atoms with Gasteiger partial charge in [0, 0.05) is 18.3 Å². The Balaban J connectivity index is 1.41. The smallest absolute Gasteiger partial charge is 0.231 e. The average Bonchev–Trinajstić information content (AvgIpc) is 3.52. The maximum Gasteiger partial charge on any atom is 0.231 e. The summed E-state index contributed by atoms with van der Waals surface area (Å²) in [5.74, 6) is 2.21. The Morgan fingerprint density at radius 2 is 2.00 bits per heavy atom. The first-order valence-electron chi connectivity index (χ1n) is 9.55. The second-order valence-corrected chi connectivity index (χ2v) is 7.09. The van der Waals surface area contributed by atoms with Crippen LogP contribution in [0.2, 0.25) is 0 Å². The zero-order valence-electron chi connectivity index (χ0n) is 15.5. The van der Waals surface area contributed by atoms with E-state index in [1.165, 1.54) is 5.57 Å². The molecule has 8 heteroatoms. The van der Waals surface area contributed by atoms with Crippen LogP contribution in [0.1, 0.15) is 12.1 Å². The second-order valence-electron chi connectivity index (χ2n) is 7.09. The van der Waals surface area contributed by atoms with Gasteiger partial charge in [-0.05, 0) is 42.3 Å². The van der Waals surface area contributed by atoms with Crippen molar-refractivity contribution in [2.75, 3.05) is 19.9 Å². The molecule has 0 saturated carbocycles. The minimum atomic E-state index is 0.252. The summed E-state index contributed by atoms with van der Waals surface area (Å²) in [5, 5.41) is 10.9. The van der Waals surface area contributed by atoms with Gasteiger partial charge in [-0.3, -0.25) is 10.1 Å². The van der Waals surface area contributed by atoms with Crippen LogP contribution in [0, 0.1) is 0 Å². The van der Waals surface area contributed by atoms with Crippen molar-refractivity contribution >= 4 is 16.6 Å². The molecule has 1 aromatic carbocycles. The monoisotopic (exact) mass is 386 g/mol. The number of nitrogens with zero attached hydrogens (tertiary/aromatic N) is 3. The number of rotatable bonds is 3. The van der Waals surface area contributed by atoms with Crippen molar-refractivity contribution in [2.24, 2.45) is 0 Å². The van der Waals surface area contributed by atoms with E-state index in [0.717, 1.165) is 64.6 Å². The van der Waals surface area contributed by atoms with Gasteiger partial charge in [0.05, 0.1) is 22.9 Å². The van der Waals surface area contributed by atoms with Crippen molar-refractivity contribution in [3.8, 4) is 34.1 Å². The normalized spacial score (nSPS) is 15.7. The van der Waals surface area contributed by atoms with Crippen molar-refractivity contribution in [1.29, 1.82) is 0 Å². The summed E-state index contributed by atoms with van der Waals surface area (Å²) < 4.78 is 10.9. The number of hydrogen-bond acceptors (Lipinski definition) is 6.